The number of hydrogen-bond donors (Lipinski definition) is 0. The van der Waals surface area contributed by atoms with E-state index < -0.39 is 0 Å². The maximum absolute atomic E-state index is 11.8. The molecule has 12 rings (SSSR count). The van der Waals surface area contributed by atoms with Gasteiger partial charge in [-0.15, -0.1) is 0 Å². The lowest BCUT2D eigenvalue weighted by Crippen LogP contribution is -2.05. The van der Waals surface area contributed by atoms with Crippen LogP contribution in [0.3, 0.4) is 0 Å². The van der Waals surface area contributed by atoms with Crippen LogP contribution in [-0.2, 0) is 0 Å². The molecule has 0 N–H and O–H groups in total. The van der Waals surface area contributed by atoms with Crippen LogP contribution in [0.5, 0.6) is 0 Å². The van der Waals surface area contributed by atoms with Crippen molar-refractivity contribution in [2.45, 2.75) is 0 Å². The monoisotopic (exact) mass is 938 g/mol. The topological polar surface area (TPSA) is 114 Å². The van der Waals surface area contributed by atoms with Crippen molar-refractivity contribution in [3.8, 4) is 91.3 Å². The molecule has 0 amide bonds. The van der Waals surface area contributed by atoms with Crippen LogP contribution in [-0.4, -0.2) is 9.13 Å². The molecule has 0 aliphatic rings. The Morgan fingerprint density at radius 3 is 0.946 bits per heavy atom. The number of nitrogens with zero attached hydrogens (tertiary/aromatic N) is 8. The molecule has 0 saturated carbocycles. The fraction of sp³-hybridized carbons (Fsp3) is 0. The summed E-state index contributed by atoms with van der Waals surface area (Å²) in [5.74, 6) is 0. The maximum Gasteiger partial charge on any atom is 0.187 e. The Morgan fingerprint density at radius 2 is 0.622 bits per heavy atom. The first-order chi connectivity index (χ1) is 36.4. The molecule has 8 heteroatoms. The molecule has 10 aromatic carbocycles. The van der Waals surface area contributed by atoms with Gasteiger partial charge in [-0.05, 0) is 153 Å². The summed E-state index contributed by atoms with van der Waals surface area (Å²) in [6.45, 7) is 15.1. The Bertz CT molecular complexity index is 4080. The number of benzene rings is 10. The van der Waals surface area contributed by atoms with Crippen LogP contribution >= 0.6 is 0 Å². The standard InChI is InChI=1S/C66H34N8/c1-71-54-22-14-46(15-23-54)51-20-28-63-58(33-51)59-34-52(47-16-24-55(72-2)25-17-47)21-29-64(59)74(63)66-36-53(48-5-3-4-43(30-48)39-69)35-65(60(66)40-70)73-61-26-18-49(44-10-6-41(37-67)7-11-44)31-56(61)57-32-50(19-27-62(57)73)45-12-8-42(38-68)9-13-45/h3-36H. The van der Waals surface area contributed by atoms with Gasteiger partial charge in [0.25, 0.3) is 0 Å². The zero-order valence-corrected chi connectivity index (χ0v) is 39.2. The van der Waals surface area contributed by atoms with Gasteiger partial charge in [-0.3, -0.25) is 0 Å². The highest BCUT2D eigenvalue weighted by atomic mass is 15.0. The zero-order chi connectivity index (χ0) is 50.5. The van der Waals surface area contributed by atoms with Gasteiger partial charge in [0.05, 0.1) is 81.5 Å². The molecule has 338 valence electrons. The summed E-state index contributed by atoms with van der Waals surface area (Å²) in [6, 6.07) is 76.6. The summed E-state index contributed by atoms with van der Waals surface area (Å²) in [5.41, 5.74) is 17.2. The van der Waals surface area contributed by atoms with Crippen LogP contribution in [0.4, 0.5) is 11.4 Å². The van der Waals surface area contributed by atoms with E-state index >= 15 is 0 Å². The van der Waals surface area contributed by atoms with Gasteiger partial charge in [0, 0.05) is 21.5 Å². The predicted octanol–water partition coefficient (Wildman–Crippen LogP) is 16.8. The molecular formula is C66H34N8. The van der Waals surface area contributed by atoms with E-state index in [1.54, 1.807) is 6.07 Å². The van der Waals surface area contributed by atoms with Gasteiger partial charge in [0.15, 0.2) is 11.4 Å². The minimum atomic E-state index is 0.424. The second-order valence-corrected chi connectivity index (χ2v) is 18.0. The predicted molar refractivity (Wildman–Crippen MR) is 294 cm³/mol. The number of fused-ring (bicyclic) bond motifs is 6. The van der Waals surface area contributed by atoms with Gasteiger partial charge in [-0.2, -0.15) is 21.0 Å². The molecule has 2 aromatic heterocycles. The molecule has 12 aromatic rings. The summed E-state index contributed by atoms with van der Waals surface area (Å²) in [7, 11) is 0. The minimum Gasteiger partial charge on any atom is -0.308 e. The summed E-state index contributed by atoms with van der Waals surface area (Å²) < 4.78 is 4.33. The highest BCUT2D eigenvalue weighted by Gasteiger charge is 2.24. The van der Waals surface area contributed by atoms with Gasteiger partial charge in [-0.1, -0.05) is 109 Å². The van der Waals surface area contributed by atoms with Crippen molar-refractivity contribution in [1.29, 1.82) is 21.0 Å². The average Bonchev–Trinajstić information content (AvgIpc) is 3.98. The second kappa shape index (κ2) is 17.9. The number of aromatic nitrogens is 2. The Morgan fingerprint density at radius 1 is 0.297 bits per heavy atom. The van der Waals surface area contributed by atoms with E-state index in [2.05, 4.69) is 116 Å². The fourth-order valence-electron chi connectivity index (χ4n) is 10.2. The maximum atomic E-state index is 11.8. The summed E-state index contributed by atoms with van der Waals surface area (Å²) in [5, 5.41) is 44.9. The van der Waals surface area contributed by atoms with Crippen molar-refractivity contribution in [2.75, 3.05) is 0 Å². The second-order valence-electron chi connectivity index (χ2n) is 18.0. The van der Waals surface area contributed by atoms with Crippen molar-refractivity contribution < 1.29 is 0 Å². The van der Waals surface area contributed by atoms with Crippen LogP contribution in [0, 0.1) is 58.5 Å². The largest absolute Gasteiger partial charge is 0.308 e. The average molecular weight is 939 g/mol. The van der Waals surface area contributed by atoms with Crippen LogP contribution in [0.2, 0.25) is 0 Å². The summed E-state index contributed by atoms with van der Waals surface area (Å²) in [4.78, 5) is 7.22. The molecule has 0 atom stereocenters. The smallest absolute Gasteiger partial charge is 0.187 e. The van der Waals surface area contributed by atoms with Crippen molar-refractivity contribution in [1.82, 2.24) is 9.13 Å². The quantitative estimate of drug-likeness (QED) is 0.148. The Hall–Kier alpha value is -11.3. The van der Waals surface area contributed by atoms with Gasteiger partial charge >= 0.3 is 0 Å². The number of rotatable bonds is 7. The van der Waals surface area contributed by atoms with E-state index in [4.69, 9.17) is 13.1 Å². The van der Waals surface area contributed by atoms with Crippen LogP contribution in [0.25, 0.3) is 120 Å². The van der Waals surface area contributed by atoms with E-state index in [0.29, 0.717) is 45.0 Å². The molecule has 0 aliphatic heterocycles. The Labute approximate surface area is 425 Å². The molecular weight excluding hydrogens is 905 g/mol. The van der Waals surface area contributed by atoms with E-state index in [1.165, 1.54) is 0 Å². The van der Waals surface area contributed by atoms with Crippen LogP contribution in [0.1, 0.15) is 22.3 Å². The Kier molecular flexibility index (Phi) is 10.7. The van der Waals surface area contributed by atoms with Gasteiger partial charge in [0.1, 0.15) is 11.6 Å². The van der Waals surface area contributed by atoms with E-state index in [9.17, 15) is 21.0 Å². The molecule has 0 aliphatic carbocycles. The first kappa shape index (κ1) is 44.0. The van der Waals surface area contributed by atoms with Crippen molar-refractivity contribution in [3.63, 3.8) is 0 Å². The zero-order valence-electron chi connectivity index (χ0n) is 39.2. The molecule has 0 spiro atoms. The van der Waals surface area contributed by atoms with Crippen molar-refractivity contribution in [3.05, 3.63) is 251 Å². The number of nitriles is 4. The third-order valence-electron chi connectivity index (χ3n) is 13.9. The van der Waals surface area contributed by atoms with E-state index in [0.717, 1.165) is 99.2 Å². The summed E-state index contributed by atoms with van der Waals surface area (Å²) in [6.07, 6.45) is 0. The molecule has 74 heavy (non-hydrogen) atoms. The van der Waals surface area contributed by atoms with Crippen LogP contribution < -0.4 is 0 Å². The molecule has 0 bridgehead atoms. The van der Waals surface area contributed by atoms with Gasteiger partial charge < -0.3 is 9.13 Å². The van der Waals surface area contributed by atoms with Crippen molar-refractivity contribution in [2.24, 2.45) is 0 Å². The number of hydrogen-bond acceptors (Lipinski definition) is 4. The molecule has 8 nitrogen and oxygen atoms in total. The lowest BCUT2D eigenvalue weighted by Gasteiger charge is -2.19. The van der Waals surface area contributed by atoms with E-state index in [-0.39, 0.29) is 0 Å². The third kappa shape index (κ3) is 7.44. The highest BCUT2D eigenvalue weighted by molar-refractivity contribution is 6.14. The minimum absolute atomic E-state index is 0.424. The van der Waals surface area contributed by atoms with E-state index in [1.807, 2.05) is 127 Å². The SMILES string of the molecule is [C-]#[N+]c1ccc(-c2ccc3c(c2)c2cc(-c4ccc([N+]#[C-])cc4)ccc2n3-c2cc(-c3cccc(C#N)c3)cc(-n3c4ccc(-c5ccc(C#N)cc5)cc4c4cc(-c5ccc(C#N)cc5)ccc43)c2C#N)cc1. The highest BCUT2D eigenvalue weighted by Crippen LogP contribution is 2.44. The van der Waals surface area contributed by atoms with Gasteiger partial charge in [-0.25, -0.2) is 9.69 Å². The van der Waals surface area contributed by atoms with Gasteiger partial charge in [0.2, 0.25) is 0 Å². The molecule has 2 heterocycles. The molecule has 0 saturated heterocycles. The van der Waals surface area contributed by atoms with Crippen LogP contribution in [0.15, 0.2) is 206 Å². The first-order valence-electron chi connectivity index (χ1n) is 23.6. The molecule has 0 fully saturated rings. The first-order valence-corrected chi connectivity index (χ1v) is 23.6. The Balaban J connectivity index is 1.16. The van der Waals surface area contributed by atoms with Crippen molar-refractivity contribution >= 4 is 55.0 Å². The molecule has 0 radical (unpaired) electrons. The fourth-order valence-corrected chi connectivity index (χ4v) is 10.2. The summed E-state index contributed by atoms with van der Waals surface area (Å²) >= 11 is 0. The lowest BCUT2D eigenvalue weighted by molar-refractivity contribution is 1.12. The normalized spacial score (nSPS) is 10.9. The molecule has 0 unspecified atom stereocenters. The third-order valence-corrected chi connectivity index (χ3v) is 13.9. The lowest BCUT2D eigenvalue weighted by atomic mass is 9.98.